The van der Waals surface area contributed by atoms with Crippen molar-refractivity contribution in [2.45, 2.75) is 0 Å². The second kappa shape index (κ2) is 11.2. The number of benzene rings is 7. The Bertz CT molecular complexity index is 2290. The fourth-order valence-electron chi connectivity index (χ4n) is 6.16. The summed E-state index contributed by atoms with van der Waals surface area (Å²) in [5.41, 5.74) is 8.13. The highest BCUT2D eigenvalue weighted by molar-refractivity contribution is 6.25. The number of nitrogens with zero attached hydrogens (tertiary/aromatic N) is 1. The predicted molar refractivity (Wildman–Crippen MR) is 186 cm³/mol. The lowest BCUT2D eigenvalue weighted by molar-refractivity contribution is 0.102. The van der Waals surface area contributed by atoms with Crippen molar-refractivity contribution in [3.8, 4) is 11.1 Å². The highest BCUT2D eigenvalue weighted by Gasteiger charge is 2.22. The van der Waals surface area contributed by atoms with Crippen molar-refractivity contribution in [2.24, 2.45) is 0 Å². The number of carbonyl (C=O) groups is 1. The van der Waals surface area contributed by atoms with Crippen LogP contribution in [0.3, 0.4) is 0 Å². The standard InChI is InChI=1S/C41H28N2O2/c44-41(42-30-15-6-2-7-16-30)35-21-12-22-38-39(35)36-27-37(33-19-10-11-20-34(33)40(36)45-38)43(31-17-8-3-9-18-31)32-25-23-29(24-26-32)28-13-4-1-5-14-28/h1-27H,(H,42,44). The molecule has 0 bridgehead atoms. The molecular formula is C41H28N2O2. The van der Waals surface area contributed by atoms with Gasteiger partial charge in [-0.3, -0.25) is 4.79 Å². The van der Waals surface area contributed by atoms with E-state index in [-0.39, 0.29) is 5.91 Å². The molecule has 8 rings (SSSR count). The fraction of sp³-hybridized carbons (Fsp3) is 0. The summed E-state index contributed by atoms with van der Waals surface area (Å²) in [7, 11) is 0. The van der Waals surface area contributed by atoms with Gasteiger partial charge in [0.05, 0.1) is 11.3 Å². The monoisotopic (exact) mass is 580 g/mol. The Morgan fingerprint density at radius 3 is 1.87 bits per heavy atom. The van der Waals surface area contributed by atoms with E-state index in [0.29, 0.717) is 11.1 Å². The number of hydrogen-bond acceptors (Lipinski definition) is 3. The SMILES string of the molecule is O=C(Nc1ccccc1)c1cccc2oc3c4ccccc4c(N(c4ccccc4)c4ccc(-c5ccccc5)cc4)cc3c12. The van der Waals surface area contributed by atoms with E-state index in [9.17, 15) is 4.79 Å². The molecule has 0 saturated carbocycles. The Kier molecular flexibility index (Phi) is 6.58. The molecule has 4 nitrogen and oxygen atoms in total. The third-order valence-electron chi connectivity index (χ3n) is 8.25. The number of hydrogen-bond donors (Lipinski definition) is 1. The molecule has 0 aliphatic heterocycles. The summed E-state index contributed by atoms with van der Waals surface area (Å²) in [6, 6.07) is 55.1. The van der Waals surface area contributed by atoms with Gasteiger partial charge in [-0.25, -0.2) is 0 Å². The summed E-state index contributed by atoms with van der Waals surface area (Å²) in [4.78, 5) is 16.0. The lowest BCUT2D eigenvalue weighted by Gasteiger charge is -2.27. The van der Waals surface area contributed by atoms with Crippen LogP contribution >= 0.6 is 0 Å². The Labute approximate surface area is 260 Å². The second-order valence-corrected chi connectivity index (χ2v) is 11.0. The molecule has 1 N–H and O–H groups in total. The maximum Gasteiger partial charge on any atom is 0.256 e. The van der Waals surface area contributed by atoms with Crippen LogP contribution in [0, 0.1) is 0 Å². The van der Waals surface area contributed by atoms with Crippen molar-refractivity contribution in [1.29, 1.82) is 0 Å². The van der Waals surface area contributed by atoms with Crippen LogP contribution in [-0.2, 0) is 0 Å². The van der Waals surface area contributed by atoms with Crippen molar-refractivity contribution >= 4 is 61.4 Å². The lowest BCUT2D eigenvalue weighted by Crippen LogP contribution is -2.12. The molecule has 1 heterocycles. The van der Waals surface area contributed by atoms with Gasteiger partial charge in [0.15, 0.2) is 0 Å². The molecule has 0 spiro atoms. The van der Waals surface area contributed by atoms with Crippen LogP contribution in [0.4, 0.5) is 22.7 Å². The highest BCUT2D eigenvalue weighted by Crippen LogP contribution is 2.45. The van der Waals surface area contributed by atoms with Crippen molar-refractivity contribution in [2.75, 3.05) is 10.2 Å². The molecule has 0 fully saturated rings. The molecule has 1 amide bonds. The minimum Gasteiger partial charge on any atom is -0.455 e. The van der Waals surface area contributed by atoms with E-state index in [1.165, 1.54) is 5.56 Å². The number of nitrogens with one attached hydrogen (secondary N) is 1. The van der Waals surface area contributed by atoms with Gasteiger partial charge >= 0.3 is 0 Å². The average Bonchev–Trinajstić information content (AvgIpc) is 3.49. The average molecular weight is 581 g/mol. The molecule has 4 heteroatoms. The maximum atomic E-state index is 13.7. The van der Waals surface area contributed by atoms with E-state index in [1.807, 2.05) is 66.7 Å². The first kappa shape index (κ1) is 26.5. The highest BCUT2D eigenvalue weighted by atomic mass is 16.3. The second-order valence-electron chi connectivity index (χ2n) is 11.0. The lowest BCUT2D eigenvalue weighted by atomic mass is 9.99. The van der Waals surface area contributed by atoms with Gasteiger partial charge in [0.25, 0.3) is 5.91 Å². The van der Waals surface area contributed by atoms with Crippen LogP contribution in [0.2, 0.25) is 0 Å². The van der Waals surface area contributed by atoms with Gasteiger partial charge in [-0.15, -0.1) is 0 Å². The van der Waals surface area contributed by atoms with E-state index in [1.54, 1.807) is 0 Å². The normalized spacial score (nSPS) is 11.2. The van der Waals surface area contributed by atoms with Crippen molar-refractivity contribution in [3.63, 3.8) is 0 Å². The molecule has 1 aromatic heterocycles. The number of para-hydroxylation sites is 2. The third-order valence-corrected chi connectivity index (χ3v) is 8.25. The summed E-state index contributed by atoms with van der Waals surface area (Å²) >= 11 is 0. The predicted octanol–water partition coefficient (Wildman–Crippen LogP) is 11.1. The molecule has 0 aliphatic rings. The minimum atomic E-state index is -0.180. The van der Waals surface area contributed by atoms with Crippen LogP contribution in [0.25, 0.3) is 43.8 Å². The number of fused-ring (bicyclic) bond motifs is 5. The molecule has 0 atom stereocenters. The van der Waals surface area contributed by atoms with Crippen LogP contribution in [0.5, 0.6) is 0 Å². The number of amides is 1. The third kappa shape index (κ3) is 4.79. The van der Waals surface area contributed by atoms with Gasteiger partial charge < -0.3 is 14.6 Å². The van der Waals surface area contributed by atoms with Gasteiger partial charge in [0.2, 0.25) is 0 Å². The fourth-order valence-corrected chi connectivity index (χ4v) is 6.16. The Hall–Kier alpha value is -6.13. The first-order chi connectivity index (χ1) is 22.2. The van der Waals surface area contributed by atoms with E-state index in [4.69, 9.17) is 4.42 Å². The van der Waals surface area contributed by atoms with Crippen molar-refractivity contribution in [1.82, 2.24) is 0 Å². The zero-order valence-corrected chi connectivity index (χ0v) is 24.4. The van der Waals surface area contributed by atoms with E-state index in [2.05, 4.69) is 107 Å². The topological polar surface area (TPSA) is 45.5 Å². The maximum absolute atomic E-state index is 13.7. The van der Waals surface area contributed by atoms with E-state index >= 15 is 0 Å². The van der Waals surface area contributed by atoms with Crippen LogP contribution in [0.15, 0.2) is 168 Å². The van der Waals surface area contributed by atoms with Gasteiger partial charge in [0.1, 0.15) is 11.2 Å². The number of rotatable bonds is 6. The molecule has 214 valence electrons. The molecule has 0 unspecified atom stereocenters. The Balaban J connectivity index is 1.35. The summed E-state index contributed by atoms with van der Waals surface area (Å²) in [6.45, 7) is 0. The van der Waals surface area contributed by atoms with E-state index < -0.39 is 0 Å². The van der Waals surface area contributed by atoms with Crippen LogP contribution < -0.4 is 10.2 Å². The van der Waals surface area contributed by atoms with Crippen molar-refractivity contribution < 1.29 is 9.21 Å². The Morgan fingerprint density at radius 2 is 1.13 bits per heavy atom. The Morgan fingerprint density at radius 1 is 0.533 bits per heavy atom. The largest absolute Gasteiger partial charge is 0.455 e. The molecule has 0 aliphatic carbocycles. The first-order valence-electron chi connectivity index (χ1n) is 15.0. The summed E-state index contributed by atoms with van der Waals surface area (Å²) in [5.74, 6) is -0.180. The van der Waals surface area contributed by atoms with Gasteiger partial charge in [-0.05, 0) is 65.7 Å². The number of carbonyl (C=O) groups excluding carboxylic acids is 1. The van der Waals surface area contributed by atoms with E-state index in [0.717, 1.165) is 55.4 Å². The quantitative estimate of drug-likeness (QED) is 0.213. The molecule has 0 saturated heterocycles. The summed E-state index contributed by atoms with van der Waals surface area (Å²) < 4.78 is 6.52. The van der Waals surface area contributed by atoms with Crippen molar-refractivity contribution in [3.05, 3.63) is 169 Å². The molecule has 8 aromatic rings. The molecule has 45 heavy (non-hydrogen) atoms. The number of anilines is 4. The molecule has 7 aromatic carbocycles. The molecule has 0 radical (unpaired) electrons. The molecular weight excluding hydrogens is 552 g/mol. The summed E-state index contributed by atoms with van der Waals surface area (Å²) in [6.07, 6.45) is 0. The summed E-state index contributed by atoms with van der Waals surface area (Å²) in [5, 5.41) is 6.77. The smallest absolute Gasteiger partial charge is 0.256 e. The van der Waals surface area contributed by atoms with Crippen LogP contribution in [0.1, 0.15) is 10.4 Å². The zero-order valence-electron chi connectivity index (χ0n) is 24.4. The van der Waals surface area contributed by atoms with Gasteiger partial charge in [-0.2, -0.15) is 0 Å². The zero-order chi connectivity index (χ0) is 30.2. The van der Waals surface area contributed by atoms with Crippen LogP contribution in [-0.4, -0.2) is 5.91 Å². The van der Waals surface area contributed by atoms with Gasteiger partial charge in [-0.1, -0.05) is 109 Å². The van der Waals surface area contributed by atoms with Gasteiger partial charge in [0, 0.05) is 38.6 Å². The minimum absolute atomic E-state index is 0.180. The first-order valence-corrected chi connectivity index (χ1v) is 15.0. The number of furan rings is 1.